The molecule has 0 fully saturated rings. The zero-order valence-corrected chi connectivity index (χ0v) is 9.26. The van der Waals surface area contributed by atoms with Gasteiger partial charge in [-0.15, -0.1) is 11.6 Å². The molecule has 0 aliphatic heterocycles. The zero-order valence-electron chi connectivity index (χ0n) is 6.50. The molecule has 0 spiro atoms. The molecule has 0 aromatic heterocycles. The van der Waals surface area contributed by atoms with Crippen LogP contribution in [-0.4, -0.2) is 23.6 Å². The molecular weight excluding hydrogens is 195 g/mol. The van der Waals surface area contributed by atoms with Gasteiger partial charge in [0.2, 0.25) is 0 Å². The first kappa shape index (κ1) is 17.8. The Morgan fingerprint density at radius 1 is 1.42 bits per heavy atom. The fourth-order valence-electron chi connectivity index (χ4n) is 0.180. The normalized spacial score (nSPS) is 8.83. The maximum Gasteiger partial charge on any atom is 1.00 e. The number of alkyl halides is 1. The number of halogens is 1. The summed E-state index contributed by atoms with van der Waals surface area (Å²) in [5.74, 6) is 0.110. The summed E-state index contributed by atoms with van der Waals surface area (Å²) in [5.41, 5.74) is 21.2. The van der Waals surface area contributed by atoms with Crippen LogP contribution in [-0.2, 0) is 0 Å². The largest absolute Gasteiger partial charge is 1.00 e. The topological polar surface area (TPSA) is 128 Å². The van der Waals surface area contributed by atoms with Gasteiger partial charge in [0.05, 0.1) is 12.6 Å². The fraction of sp³-hybridized carbons (Fsp3) is 1.00. The van der Waals surface area contributed by atoms with Gasteiger partial charge in [-0.05, 0) is 5.53 Å². The second-order valence-corrected chi connectivity index (χ2v) is 1.62. The molecule has 0 amide bonds. The van der Waals surface area contributed by atoms with E-state index >= 15 is 0 Å². The molecule has 0 aromatic carbocycles. The van der Waals surface area contributed by atoms with E-state index in [4.69, 9.17) is 33.3 Å². The van der Waals surface area contributed by atoms with Crippen molar-refractivity contribution in [3.63, 3.8) is 0 Å². The maximum absolute atomic E-state index is 8.59. The molecule has 0 bridgehead atoms. The van der Waals surface area contributed by atoms with Crippen LogP contribution in [0.2, 0.25) is 0 Å². The molecule has 0 rings (SSSR count). The minimum atomic E-state index is -0.701. The Morgan fingerprint density at radius 3 is 2.08 bits per heavy atom. The Labute approximate surface area is 96.0 Å². The van der Waals surface area contributed by atoms with Crippen LogP contribution in [0.5, 0.6) is 0 Å². The third-order valence-electron chi connectivity index (χ3n) is 0.534. The van der Waals surface area contributed by atoms with E-state index in [2.05, 4.69) is 10.0 Å². The third-order valence-corrected chi connectivity index (χ3v) is 0.890. The van der Waals surface area contributed by atoms with Crippen molar-refractivity contribution in [2.75, 3.05) is 12.4 Å². The van der Waals surface area contributed by atoms with E-state index in [0.29, 0.717) is 0 Å². The Hall–Kier alpha value is -0.130. The Bertz CT molecular complexity index is 164. The van der Waals surface area contributed by atoms with Gasteiger partial charge in [0.1, 0.15) is 0 Å². The molecule has 0 aliphatic rings. The van der Waals surface area contributed by atoms with E-state index in [1.54, 1.807) is 0 Å². The SMILES string of the molecule is [N-]=[N+]=NC[C@@H](O)CCl.[N-]=[N+]=[N-].[Na+]. The molecule has 0 unspecified atom stereocenters. The summed E-state index contributed by atoms with van der Waals surface area (Å²) in [6.45, 7) is 0.0556. The number of hydrogen-bond acceptors (Lipinski definition) is 2. The molecule has 0 saturated heterocycles. The average molecular weight is 201 g/mol. The predicted octanol–water partition coefficient (Wildman–Crippen LogP) is -1.23. The van der Waals surface area contributed by atoms with Crippen molar-refractivity contribution in [3.05, 3.63) is 26.4 Å². The standard InChI is InChI=1S/C3H6ClN3O.N3.Na/c4-1-3(8)2-6-7-5;1-3-2;/h3,8H,1-2H2;;/q;-1;+1/t3-;;/m0../s1. The van der Waals surface area contributed by atoms with E-state index in [9.17, 15) is 0 Å². The van der Waals surface area contributed by atoms with E-state index < -0.39 is 6.10 Å². The van der Waals surface area contributed by atoms with Gasteiger partial charge in [0, 0.05) is 10.8 Å². The molecule has 1 atom stereocenters. The van der Waals surface area contributed by atoms with Crippen molar-refractivity contribution in [3.8, 4) is 0 Å². The number of hydrogen-bond donors (Lipinski definition) is 1. The zero-order chi connectivity index (χ0) is 9.11. The molecule has 0 heterocycles. The number of azide groups is 1. The Balaban J connectivity index is -0.000000177. The number of nitrogens with zero attached hydrogens (tertiary/aromatic N) is 6. The van der Waals surface area contributed by atoms with Gasteiger partial charge in [0.25, 0.3) is 0 Å². The number of aliphatic hydroxyl groups is 1. The van der Waals surface area contributed by atoms with E-state index in [1.165, 1.54) is 4.91 Å². The van der Waals surface area contributed by atoms with Gasteiger partial charge < -0.3 is 16.2 Å². The van der Waals surface area contributed by atoms with Crippen molar-refractivity contribution in [2.45, 2.75) is 6.10 Å². The Kier molecular flexibility index (Phi) is 25.4. The number of aliphatic hydroxyl groups excluding tert-OH is 1. The summed E-state index contributed by atoms with van der Waals surface area (Å²) in [4.78, 5) is 3.93. The van der Waals surface area contributed by atoms with Gasteiger partial charge >= 0.3 is 29.6 Å². The van der Waals surface area contributed by atoms with Gasteiger partial charge in [-0.1, -0.05) is 5.11 Å². The predicted molar refractivity (Wildman–Crippen MR) is 40.8 cm³/mol. The summed E-state index contributed by atoms with van der Waals surface area (Å²) >= 11 is 5.15. The molecule has 0 aliphatic carbocycles. The van der Waals surface area contributed by atoms with Crippen molar-refractivity contribution in [1.29, 1.82) is 0 Å². The summed E-state index contributed by atoms with van der Waals surface area (Å²) in [6, 6.07) is 0. The van der Waals surface area contributed by atoms with E-state index in [-0.39, 0.29) is 42.0 Å². The van der Waals surface area contributed by atoms with Crippen molar-refractivity contribution < 1.29 is 34.7 Å². The second-order valence-electron chi connectivity index (χ2n) is 1.31. The minimum Gasteiger partial charge on any atom is -0.392 e. The van der Waals surface area contributed by atoms with Gasteiger partial charge in [0.15, 0.2) is 0 Å². The quantitative estimate of drug-likeness (QED) is 0.198. The summed E-state index contributed by atoms with van der Waals surface area (Å²) in [6.07, 6.45) is -0.701. The van der Waals surface area contributed by atoms with Crippen molar-refractivity contribution in [1.82, 2.24) is 0 Å². The molecule has 7 nitrogen and oxygen atoms in total. The first-order chi connectivity index (χ1) is 5.22. The van der Waals surface area contributed by atoms with Crippen LogP contribution in [0.4, 0.5) is 0 Å². The molecule has 9 heteroatoms. The van der Waals surface area contributed by atoms with E-state index in [0.717, 1.165) is 0 Å². The van der Waals surface area contributed by atoms with Crippen LogP contribution in [0.15, 0.2) is 5.11 Å². The van der Waals surface area contributed by atoms with Gasteiger partial charge in [-0.3, -0.25) is 4.91 Å². The van der Waals surface area contributed by atoms with Crippen LogP contribution in [0.1, 0.15) is 0 Å². The third kappa shape index (κ3) is 22.5. The number of rotatable bonds is 3. The molecule has 0 radical (unpaired) electrons. The minimum absolute atomic E-state index is 0. The summed E-state index contributed by atoms with van der Waals surface area (Å²) in [7, 11) is 0. The first-order valence-electron chi connectivity index (χ1n) is 2.46. The smallest absolute Gasteiger partial charge is 0.392 e. The van der Waals surface area contributed by atoms with Crippen LogP contribution in [0.3, 0.4) is 0 Å². The molecule has 62 valence electrons. The molecule has 0 saturated carbocycles. The molecule has 1 N–H and O–H groups in total. The van der Waals surface area contributed by atoms with Crippen LogP contribution < -0.4 is 29.6 Å². The van der Waals surface area contributed by atoms with Gasteiger partial charge in [-0.25, -0.2) is 0 Å². The first-order valence-corrected chi connectivity index (χ1v) is 2.99. The van der Waals surface area contributed by atoms with Crippen LogP contribution >= 0.6 is 11.6 Å². The second kappa shape index (κ2) is 17.1. The van der Waals surface area contributed by atoms with Crippen molar-refractivity contribution >= 4 is 11.6 Å². The summed E-state index contributed by atoms with van der Waals surface area (Å²) < 4.78 is 0. The van der Waals surface area contributed by atoms with E-state index in [1.807, 2.05) is 0 Å². The van der Waals surface area contributed by atoms with Gasteiger partial charge in [-0.2, -0.15) is 0 Å². The van der Waals surface area contributed by atoms with Crippen LogP contribution in [0, 0.1) is 0 Å². The average Bonchev–Trinajstić information content (AvgIpc) is 2.02. The maximum atomic E-state index is 8.59. The monoisotopic (exact) mass is 200 g/mol. The van der Waals surface area contributed by atoms with Crippen LogP contribution in [0.25, 0.3) is 26.4 Å². The fourth-order valence-corrected chi connectivity index (χ4v) is 0.277. The molecule has 0 aromatic rings. The van der Waals surface area contributed by atoms with Crippen molar-refractivity contribution in [2.24, 2.45) is 5.11 Å². The molecular formula is C3H6ClN6NaO. The molecule has 12 heavy (non-hydrogen) atoms. The Morgan fingerprint density at radius 2 is 1.83 bits per heavy atom. The summed E-state index contributed by atoms with van der Waals surface area (Å²) in [5, 5.41) is 11.7.